The van der Waals surface area contributed by atoms with Crippen molar-refractivity contribution in [2.75, 3.05) is 6.54 Å². The van der Waals surface area contributed by atoms with E-state index in [9.17, 15) is 14.4 Å². The largest absolute Gasteiger partial charge is 0.354 e. The fourth-order valence-electron chi connectivity index (χ4n) is 4.26. The number of urea groups is 1. The number of pyridine rings is 1. The number of ketones is 1. The zero-order chi connectivity index (χ0) is 23.2. The number of imide groups is 1. The number of para-hydroxylation sites is 1. The molecule has 2 N–H and O–H groups in total. The van der Waals surface area contributed by atoms with Gasteiger partial charge in [0.05, 0.1) is 17.8 Å². The van der Waals surface area contributed by atoms with Crippen LogP contribution in [0.25, 0.3) is 22.2 Å². The van der Waals surface area contributed by atoms with E-state index in [0.717, 1.165) is 21.4 Å². The van der Waals surface area contributed by atoms with Gasteiger partial charge in [0, 0.05) is 22.7 Å². The molecule has 3 amide bonds. The van der Waals surface area contributed by atoms with E-state index in [4.69, 9.17) is 11.6 Å². The third-order valence-corrected chi connectivity index (χ3v) is 6.22. The van der Waals surface area contributed by atoms with Gasteiger partial charge in [-0.3, -0.25) is 14.5 Å². The van der Waals surface area contributed by atoms with Crippen molar-refractivity contribution < 1.29 is 14.4 Å². The maximum Gasteiger partial charge on any atom is 0.325 e. The number of halogens is 1. The molecule has 164 valence electrons. The molecule has 1 atom stereocenters. The predicted octanol–water partition coefficient (Wildman–Crippen LogP) is 4.53. The monoisotopic (exact) mass is 458 g/mol. The first-order valence-corrected chi connectivity index (χ1v) is 10.7. The maximum absolute atomic E-state index is 13.5. The van der Waals surface area contributed by atoms with Crippen molar-refractivity contribution in [2.24, 2.45) is 0 Å². The number of aromatic nitrogens is 2. The van der Waals surface area contributed by atoms with Gasteiger partial charge in [-0.25, -0.2) is 9.78 Å². The first-order chi connectivity index (χ1) is 15.9. The van der Waals surface area contributed by atoms with E-state index in [1.54, 1.807) is 19.1 Å². The molecule has 0 spiro atoms. The number of aromatic amines is 1. The minimum Gasteiger partial charge on any atom is -0.354 e. The second kappa shape index (κ2) is 7.86. The number of nitrogens with zero attached hydrogens (tertiary/aromatic N) is 2. The summed E-state index contributed by atoms with van der Waals surface area (Å²) in [5.41, 5.74) is 1.67. The van der Waals surface area contributed by atoms with E-state index in [1.165, 1.54) is 6.20 Å². The van der Waals surface area contributed by atoms with Gasteiger partial charge in [0.15, 0.2) is 5.78 Å². The Labute approximate surface area is 194 Å². The lowest BCUT2D eigenvalue weighted by atomic mass is 9.93. The van der Waals surface area contributed by atoms with Crippen molar-refractivity contribution in [3.63, 3.8) is 0 Å². The summed E-state index contributed by atoms with van der Waals surface area (Å²) in [7, 11) is 0. The van der Waals surface area contributed by atoms with E-state index in [2.05, 4.69) is 15.3 Å². The van der Waals surface area contributed by atoms with Gasteiger partial charge in [-0.1, -0.05) is 66.2 Å². The molecule has 0 bridgehead atoms. The average Bonchev–Trinajstić information content (AvgIpc) is 3.31. The molecule has 1 fully saturated rings. The number of hydrogen-bond donors (Lipinski definition) is 2. The van der Waals surface area contributed by atoms with Gasteiger partial charge >= 0.3 is 6.03 Å². The van der Waals surface area contributed by atoms with Gasteiger partial charge in [0.25, 0.3) is 5.91 Å². The number of carbonyl (C=O) groups excluding carboxylic acids is 3. The highest BCUT2D eigenvalue weighted by Crippen LogP contribution is 2.34. The molecule has 4 aromatic rings. The van der Waals surface area contributed by atoms with Crippen molar-refractivity contribution in [2.45, 2.75) is 12.5 Å². The average molecular weight is 459 g/mol. The molecule has 1 aliphatic heterocycles. The van der Waals surface area contributed by atoms with Gasteiger partial charge in [-0.2, -0.15) is 0 Å². The Kier molecular flexibility index (Phi) is 4.98. The van der Waals surface area contributed by atoms with Crippen LogP contribution in [-0.4, -0.2) is 39.1 Å². The number of H-pyrrole nitrogens is 1. The molecule has 33 heavy (non-hydrogen) atoms. The molecule has 1 saturated heterocycles. The number of hydrogen-bond acceptors (Lipinski definition) is 4. The number of nitrogens with one attached hydrogen (secondary N) is 2. The Balaban J connectivity index is 1.53. The molecule has 2 aromatic carbocycles. The summed E-state index contributed by atoms with van der Waals surface area (Å²) in [5, 5.41) is 3.52. The zero-order valence-electron chi connectivity index (χ0n) is 17.6. The van der Waals surface area contributed by atoms with Crippen LogP contribution in [0.2, 0.25) is 5.15 Å². The van der Waals surface area contributed by atoms with E-state index >= 15 is 0 Å². The summed E-state index contributed by atoms with van der Waals surface area (Å²) in [6.45, 7) is 1.15. The van der Waals surface area contributed by atoms with Gasteiger partial charge in [0.2, 0.25) is 0 Å². The van der Waals surface area contributed by atoms with Crippen molar-refractivity contribution >= 4 is 40.2 Å². The van der Waals surface area contributed by atoms with E-state index in [-0.39, 0.29) is 10.9 Å². The lowest BCUT2D eigenvalue weighted by Crippen LogP contribution is -2.42. The fourth-order valence-corrected chi connectivity index (χ4v) is 4.57. The molecule has 0 radical (unpaired) electrons. The first kappa shape index (κ1) is 20.9. The number of benzene rings is 2. The highest BCUT2D eigenvalue weighted by molar-refractivity contribution is 6.31. The summed E-state index contributed by atoms with van der Waals surface area (Å²) in [4.78, 5) is 47.9. The Bertz CT molecular complexity index is 1420. The Hall–Kier alpha value is -3.97. The normalized spacial score (nSPS) is 18.1. The lowest BCUT2D eigenvalue weighted by molar-refractivity contribution is -0.130. The summed E-state index contributed by atoms with van der Waals surface area (Å²) in [6.07, 6.45) is 1.50. The van der Waals surface area contributed by atoms with Crippen LogP contribution in [0.3, 0.4) is 0 Å². The second-order valence-electron chi connectivity index (χ2n) is 8.00. The van der Waals surface area contributed by atoms with Crippen LogP contribution in [0.15, 0.2) is 72.9 Å². The highest BCUT2D eigenvalue weighted by Gasteiger charge is 2.50. The SMILES string of the molecule is CC1(c2cccnc2Cl)NC(=O)N(CC(=O)c2c(-c3ccccc3)[nH]c3ccccc23)C1=O. The Morgan fingerprint density at radius 1 is 1.03 bits per heavy atom. The van der Waals surface area contributed by atoms with Crippen LogP contribution in [0.1, 0.15) is 22.8 Å². The van der Waals surface area contributed by atoms with Crippen molar-refractivity contribution in [3.05, 3.63) is 89.2 Å². The molecule has 3 heterocycles. The summed E-state index contributed by atoms with van der Waals surface area (Å²) < 4.78 is 0. The number of Topliss-reactive ketones (excluding diaryl/α,β-unsaturated/α-hetero) is 1. The summed E-state index contributed by atoms with van der Waals surface area (Å²) in [6, 6.07) is 19.5. The molecule has 8 heteroatoms. The second-order valence-corrected chi connectivity index (χ2v) is 8.36. The predicted molar refractivity (Wildman–Crippen MR) is 125 cm³/mol. The van der Waals surface area contributed by atoms with Gasteiger partial charge in [0.1, 0.15) is 10.7 Å². The number of rotatable bonds is 5. The first-order valence-electron chi connectivity index (χ1n) is 10.3. The van der Waals surface area contributed by atoms with Crippen molar-refractivity contribution in [1.29, 1.82) is 0 Å². The molecule has 0 saturated carbocycles. The third-order valence-electron chi connectivity index (χ3n) is 5.92. The lowest BCUT2D eigenvalue weighted by Gasteiger charge is -2.22. The molecule has 5 rings (SSSR count). The van der Waals surface area contributed by atoms with Crippen LogP contribution < -0.4 is 5.32 Å². The molecule has 7 nitrogen and oxygen atoms in total. The van der Waals surface area contributed by atoms with Gasteiger partial charge in [-0.05, 0) is 24.6 Å². The van der Waals surface area contributed by atoms with Crippen LogP contribution in [0, 0.1) is 0 Å². The Morgan fingerprint density at radius 3 is 2.52 bits per heavy atom. The standard InChI is InChI=1S/C25H19ClN4O3/c1-25(17-11-7-13-27-22(17)26)23(32)30(24(33)29-25)14-19(31)20-16-10-5-6-12-18(16)28-21(20)15-8-3-2-4-9-15/h2-13,28H,14H2,1H3,(H,29,33). The van der Waals surface area contributed by atoms with Gasteiger partial charge in [-0.15, -0.1) is 0 Å². The maximum atomic E-state index is 13.5. The fraction of sp³-hybridized carbons (Fsp3) is 0.120. The van der Waals surface area contributed by atoms with E-state index < -0.39 is 24.0 Å². The molecular formula is C25H19ClN4O3. The molecule has 0 aliphatic carbocycles. The highest BCUT2D eigenvalue weighted by atomic mass is 35.5. The molecule has 1 aliphatic rings. The topological polar surface area (TPSA) is 95.2 Å². The van der Waals surface area contributed by atoms with Crippen LogP contribution in [0.4, 0.5) is 4.79 Å². The van der Waals surface area contributed by atoms with Crippen molar-refractivity contribution in [3.8, 4) is 11.3 Å². The molecule has 1 unspecified atom stereocenters. The Morgan fingerprint density at radius 2 is 1.76 bits per heavy atom. The molecular weight excluding hydrogens is 440 g/mol. The van der Waals surface area contributed by atoms with E-state index in [1.807, 2.05) is 54.6 Å². The third kappa shape index (κ3) is 3.37. The smallest absolute Gasteiger partial charge is 0.325 e. The minimum atomic E-state index is -1.41. The van der Waals surface area contributed by atoms with Gasteiger partial charge < -0.3 is 10.3 Å². The minimum absolute atomic E-state index is 0.116. The van der Waals surface area contributed by atoms with Crippen LogP contribution in [-0.2, 0) is 10.3 Å². The van der Waals surface area contributed by atoms with E-state index in [0.29, 0.717) is 16.8 Å². The molecule has 2 aromatic heterocycles. The number of fused-ring (bicyclic) bond motifs is 1. The number of carbonyl (C=O) groups is 3. The van der Waals surface area contributed by atoms with Crippen LogP contribution >= 0.6 is 11.6 Å². The van der Waals surface area contributed by atoms with Crippen molar-refractivity contribution in [1.82, 2.24) is 20.2 Å². The number of amides is 3. The summed E-state index contributed by atoms with van der Waals surface area (Å²) in [5.74, 6) is -0.909. The summed E-state index contributed by atoms with van der Waals surface area (Å²) >= 11 is 6.19. The zero-order valence-corrected chi connectivity index (χ0v) is 18.4. The van der Waals surface area contributed by atoms with Crippen LogP contribution in [0.5, 0.6) is 0 Å². The quantitative estimate of drug-likeness (QED) is 0.261.